The fourth-order valence-electron chi connectivity index (χ4n) is 1.97. The molecule has 0 radical (unpaired) electrons. The van der Waals surface area contributed by atoms with Gasteiger partial charge < -0.3 is 11.1 Å². The molecule has 110 valence electrons. The highest BCUT2D eigenvalue weighted by Crippen LogP contribution is 2.30. The molecule has 7 heteroatoms. The number of carbonyl (C=O) groups is 1. The summed E-state index contributed by atoms with van der Waals surface area (Å²) in [6.07, 6.45) is -2.89. The number of hydrogen-bond donors (Lipinski definition) is 2. The van der Waals surface area contributed by atoms with Crippen molar-refractivity contribution in [2.45, 2.75) is 25.1 Å². The molecule has 0 spiro atoms. The molecule has 0 heterocycles. The summed E-state index contributed by atoms with van der Waals surface area (Å²) in [4.78, 5) is 13.0. The number of alkyl halides is 3. The van der Waals surface area contributed by atoms with Gasteiger partial charge in [0.15, 0.2) is 0 Å². The van der Waals surface area contributed by atoms with Gasteiger partial charge in [0.2, 0.25) is 5.91 Å². The van der Waals surface area contributed by atoms with Crippen molar-refractivity contribution in [2.75, 3.05) is 24.1 Å². The number of benzene rings is 1. The molecule has 1 aliphatic rings. The van der Waals surface area contributed by atoms with Crippen LogP contribution in [0.4, 0.5) is 24.5 Å². The normalized spacial score (nSPS) is 15.4. The number of hydrogen-bond acceptors (Lipinski definition) is 3. The molecule has 1 aromatic rings. The van der Waals surface area contributed by atoms with E-state index in [1.165, 1.54) is 0 Å². The number of halogens is 3. The van der Waals surface area contributed by atoms with Gasteiger partial charge in [-0.2, -0.15) is 13.2 Å². The zero-order chi connectivity index (χ0) is 14.8. The number of nitrogens with two attached hydrogens (primary N) is 1. The van der Waals surface area contributed by atoms with Crippen molar-refractivity contribution in [3.05, 3.63) is 24.3 Å². The Labute approximate surface area is 114 Å². The van der Waals surface area contributed by atoms with Crippen LogP contribution in [0, 0.1) is 0 Å². The van der Waals surface area contributed by atoms with Crippen LogP contribution in [0.3, 0.4) is 0 Å². The number of nitrogens with one attached hydrogen (secondary N) is 1. The van der Waals surface area contributed by atoms with Crippen LogP contribution in [0.25, 0.3) is 0 Å². The van der Waals surface area contributed by atoms with Gasteiger partial charge in [-0.05, 0) is 25.0 Å². The molecule has 1 aliphatic carbocycles. The Morgan fingerprint density at radius 3 is 2.55 bits per heavy atom. The topological polar surface area (TPSA) is 58.4 Å². The second kappa shape index (κ2) is 5.70. The van der Waals surface area contributed by atoms with E-state index in [0.29, 0.717) is 24.2 Å². The summed E-state index contributed by atoms with van der Waals surface area (Å²) in [5, 5.41) is 2.54. The average Bonchev–Trinajstić information content (AvgIpc) is 3.13. The molecule has 3 N–H and O–H groups in total. The van der Waals surface area contributed by atoms with Crippen molar-refractivity contribution in [1.82, 2.24) is 4.90 Å². The SMILES string of the molecule is Nc1ccccc1NC(=O)CN(CC(F)(F)F)C1CC1. The van der Waals surface area contributed by atoms with Gasteiger partial charge in [0.1, 0.15) is 0 Å². The van der Waals surface area contributed by atoms with Crippen molar-refractivity contribution >= 4 is 17.3 Å². The van der Waals surface area contributed by atoms with Gasteiger partial charge in [0.05, 0.1) is 24.5 Å². The number of para-hydroxylation sites is 2. The van der Waals surface area contributed by atoms with Crippen molar-refractivity contribution in [2.24, 2.45) is 0 Å². The van der Waals surface area contributed by atoms with Gasteiger partial charge in [-0.15, -0.1) is 0 Å². The van der Waals surface area contributed by atoms with Crippen molar-refractivity contribution in [3.8, 4) is 0 Å². The van der Waals surface area contributed by atoms with Crippen molar-refractivity contribution in [1.29, 1.82) is 0 Å². The minimum atomic E-state index is -4.30. The van der Waals surface area contributed by atoms with Crippen LogP contribution in [0.1, 0.15) is 12.8 Å². The second-order valence-corrected chi connectivity index (χ2v) is 4.89. The third kappa shape index (κ3) is 4.41. The zero-order valence-electron chi connectivity index (χ0n) is 10.8. The molecule has 1 fully saturated rings. The minimum Gasteiger partial charge on any atom is -0.397 e. The fourth-order valence-corrected chi connectivity index (χ4v) is 1.97. The molecular formula is C13H16F3N3O. The highest BCUT2D eigenvalue weighted by molar-refractivity contribution is 5.95. The lowest BCUT2D eigenvalue weighted by Gasteiger charge is -2.22. The molecule has 0 bridgehead atoms. The number of nitrogens with zero attached hydrogens (tertiary/aromatic N) is 1. The number of rotatable bonds is 5. The lowest BCUT2D eigenvalue weighted by molar-refractivity contribution is -0.149. The van der Waals surface area contributed by atoms with E-state index in [1.54, 1.807) is 24.3 Å². The molecule has 1 aromatic carbocycles. The smallest absolute Gasteiger partial charge is 0.397 e. The molecule has 4 nitrogen and oxygen atoms in total. The molecule has 1 saturated carbocycles. The van der Waals surface area contributed by atoms with Gasteiger partial charge >= 0.3 is 6.18 Å². The summed E-state index contributed by atoms with van der Waals surface area (Å²) in [6, 6.07) is 6.49. The zero-order valence-corrected chi connectivity index (χ0v) is 10.8. The van der Waals surface area contributed by atoms with Crippen LogP contribution < -0.4 is 11.1 Å². The first-order valence-electron chi connectivity index (χ1n) is 6.30. The molecule has 0 aliphatic heterocycles. The van der Waals surface area contributed by atoms with E-state index in [2.05, 4.69) is 5.32 Å². The number of anilines is 2. The van der Waals surface area contributed by atoms with Crippen LogP contribution in [-0.2, 0) is 4.79 Å². The maximum atomic E-state index is 12.4. The molecule has 0 aromatic heterocycles. The van der Waals surface area contributed by atoms with Gasteiger partial charge in [-0.3, -0.25) is 9.69 Å². The summed E-state index contributed by atoms with van der Waals surface area (Å²) < 4.78 is 37.3. The lowest BCUT2D eigenvalue weighted by Crippen LogP contribution is -2.41. The average molecular weight is 287 g/mol. The van der Waals surface area contributed by atoms with E-state index in [0.717, 1.165) is 4.90 Å². The Morgan fingerprint density at radius 1 is 1.35 bits per heavy atom. The minimum absolute atomic E-state index is 0.143. The Bertz CT molecular complexity index is 486. The van der Waals surface area contributed by atoms with Crippen LogP contribution >= 0.6 is 0 Å². The predicted octanol–water partition coefficient (Wildman–Crippen LogP) is 2.23. The standard InChI is InChI=1S/C13H16F3N3O/c14-13(15,16)8-19(9-5-6-9)7-12(20)18-11-4-2-1-3-10(11)17/h1-4,9H,5-8,17H2,(H,18,20). The number of amides is 1. The van der Waals surface area contributed by atoms with Gasteiger partial charge in [-0.25, -0.2) is 0 Å². The second-order valence-electron chi connectivity index (χ2n) is 4.89. The third-order valence-electron chi connectivity index (χ3n) is 3.03. The van der Waals surface area contributed by atoms with E-state index >= 15 is 0 Å². The van der Waals surface area contributed by atoms with Gasteiger partial charge in [-0.1, -0.05) is 12.1 Å². The molecule has 0 saturated heterocycles. The van der Waals surface area contributed by atoms with E-state index < -0.39 is 18.6 Å². The van der Waals surface area contributed by atoms with Gasteiger partial charge in [0.25, 0.3) is 0 Å². The molecule has 2 rings (SSSR count). The highest BCUT2D eigenvalue weighted by atomic mass is 19.4. The summed E-state index contributed by atoms with van der Waals surface area (Å²) in [6.45, 7) is -1.34. The highest BCUT2D eigenvalue weighted by Gasteiger charge is 2.38. The molecule has 0 atom stereocenters. The summed E-state index contributed by atoms with van der Waals surface area (Å²) >= 11 is 0. The first-order valence-corrected chi connectivity index (χ1v) is 6.30. The summed E-state index contributed by atoms with van der Waals surface area (Å²) in [7, 11) is 0. The van der Waals surface area contributed by atoms with E-state index in [-0.39, 0.29) is 12.6 Å². The maximum absolute atomic E-state index is 12.4. The lowest BCUT2D eigenvalue weighted by atomic mass is 10.2. The Balaban J connectivity index is 1.93. The molecule has 20 heavy (non-hydrogen) atoms. The van der Waals surface area contributed by atoms with Crippen LogP contribution in [-0.4, -0.2) is 36.1 Å². The van der Waals surface area contributed by atoms with Gasteiger partial charge in [0, 0.05) is 6.04 Å². The largest absolute Gasteiger partial charge is 0.401 e. The first kappa shape index (κ1) is 14.6. The molecule has 0 unspecified atom stereocenters. The Morgan fingerprint density at radius 2 is 2.00 bits per heavy atom. The number of nitrogen functional groups attached to an aromatic ring is 1. The van der Waals surface area contributed by atoms with E-state index in [1.807, 2.05) is 0 Å². The van der Waals surface area contributed by atoms with Crippen LogP contribution in [0.2, 0.25) is 0 Å². The Kier molecular flexibility index (Phi) is 4.17. The quantitative estimate of drug-likeness (QED) is 0.817. The first-order chi connectivity index (χ1) is 9.35. The van der Waals surface area contributed by atoms with Crippen LogP contribution in [0.5, 0.6) is 0 Å². The molecular weight excluding hydrogens is 271 g/mol. The van der Waals surface area contributed by atoms with Crippen molar-refractivity contribution < 1.29 is 18.0 Å². The maximum Gasteiger partial charge on any atom is 0.401 e. The van der Waals surface area contributed by atoms with Crippen LogP contribution in [0.15, 0.2) is 24.3 Å². The monoisotopic (exact) mass is 287 g/mol. The number of carbonyl (C=O) groups excluding carboxylic acids is 1. The fraction of sp³-hybridized carbons (Fsp3) is 0.462. The Hall–Kier alpha value is -1.76. The predicted molar refractivity (Wildman–Crippen MR) is 70.1 cm³/mol. The summed E-state index contributed by atoms with van der Waals surface area (Å²) in [5.41, 5.74) is 6.47. The van der Waals surface area contributed by atoms with E-state index in [9.17, 15) is 18.0 Å². The third-order valence-corrected chi connectivity index (χ3v) is 3.03. The van der Waals surface area contributed by atoms with Crippen molar-refractivity contribution in [3.63, 3.8) is 0 Å². The van der Waals surface area contributed by atoms with E-state index in [4.69, 9.17) is 5.73 Å². The summed E-state index contributed by atoms with van der Waals surface area (Å²) in [5.74, 6) is -0.487. The molecule has 1 amide bonds.